The number of carbonyl (C=O) groups is 1. The number of aliphatic imine (C=N–C) groups is 1. The molecular weight excluding hydrogens is 422 g/mol. The Morgan fingerprint density at radius 2 is 2.03 bits per heavy atom. The number of carbonyl (C=O) groups excluding carboxylic acids is 1. The highest BCUT2D eigenvalue weighted by atomic mass is 19.3. The van der Waals surface area contributed by atoms with Crippen LogP contribution in [0, 0.1) is 5.82 Å². The second-order valence-corrected chi connectivity index (χ2v) is 6.98. The van der Waals surface area contributed by atoms with Crippen molar-refractivity contribution in [1.29, 1.82) is 0 Å². The lowest BCUT2D eigenvalue weighted by atomic mass is 9.62. The van der Waals surface area contributed by atoms with Crippen molar-refractivity contribution in [2.75, 3.05) is 25.8 Å². The van der Waals surface area contributed by atoms with E-state index in [2.05, 4.69) is 25.0 Å². The predicted octanol–water partition coefficient (Wildman–Crippen LogP) is 2.80. The molecule has 1 aliphatic rings. The number of anilines is 1. The zero-order valence-corrected chi connectivity index (χ0v) is 16.4. The van der Waals surface area contributed by atoms with E-state index in [1.807, 2.05) is 0 Å². The average molecular weight is 441 g/mol. The van der Waals surface area contributed by atoms with E-state index in [1.54, 1.807) is 0 Å². The number of amidine groups is 1. The molecular formula is C19H19F4N5O3. The third-order valence-electron chi connectivity index (χ3n) is 4.77. The van der Waals surface area contributed by atoms with Gasteiger partial charge < -0.3 is 20.5 Å². The first-order chi connectivity index (χ1) is 14.7. The second-order valence-electron chi connectivity index (χ2n) is 6.98. The van der Waals surface area contributed by atoms with Crippen LogP contribution in [0.4, 0.5) is 23.2 Å². The van der Waals surface area contributed by atoms with E-state index < -0.39 is 42.8 Å². The van der Waals surface area contributed by atoms with Crippen LogP contribution < -0.4 is 15.8 Å². The number of halogens is 4. The number of hydrogen-bond donors (Lipinski definition) is 2. The van der Waals surface area contributed by atoms with Crippen molar-refractivity contribution in [2.24, 2.45) is 10.7 Å². The highest BCUT2D eigenvalue weighted by Crippen LogP contribution is 2.54. The topological polar surface area (TPSA) is 112 Å². The minimum absolute atomic E-state index is 0.0436. The molecule has 3 N–H and O–H groups in total. The van der Waals surface area contributed by atoms with Gasteiger partial charge in [-0.1, -0.05) is 0 Å². The SMILES string of the molecule is CN=C(N)OCC1(c2cc(NC(=O)c3cnc(OCF)cn3)ccc2F)CC(F)(F)C1. The van der Waals surface area contributed by atoms with Gasteiger partial charge in [0, 0.05) is 31.0 Å². The van der Waals surface area contributed by atoms with Crippen LogP contribution in [0.3, 0.4) is 0 Å². The fourth-order valence-electron chi connectivity index (χ4n) is 3.35. The fourth-order valence-corrected chi connectivity index (χ4v) is 3.35. The summed E-state index contributed by atoms with van der Waals surface area (Å²) in [5.41, 5.74) is 4.14. The Kier molecular flexibility index (Phi) is 6.27. The molecule has 1 fully saturated rings. The Morgan fingerprint density at radius 3 is 2.61 bits per heavy atom. The number of nitrogens with zero attached hydrogens (tertiary/aromatic N) is 3. The molecule has 166 valence electrons. The van der Waals surface area contributed by atoms with Crippen LogP contribution in [0.5, 0.6) is 5.88 Å². The highest BCUT2D eigenvalue weighted by molar-refractivity contribution is 6.02. The van der Waals surface area contributed by atoms with Gasteiger partial charge in [0.1, 0.15) is 18.1 Å². The maximum Gasteiger partial charge on any atom is 0.281 e. The lowest BCUT2D eigenvalue weighted by molar-refractivity contribution is -0.139. The van der Waals surface area contributed by atoms with Crippen molar-refractivity contribution < 1.29 is 31.8 Å². The van der Waals surface area contributed by atoms with Gasteiger partial charge in [-0.3, -0.25) is 4.79 Å². The molecule has 12 heteroatoms. The van der Waals surface area contributed by atoms with Gasteiger partial charge >= 0.3 is 0 Å². The van der Waals surface area contributed by atoms with Gasteiger partial charge in [-0.15, -0.1) is 0 Å². The third kappa shape index (κ3) is 5.01. The van der Waals surface area contributed by atoms with Crippen molar-refractivity contribution in [1.82, 2.24) is 9.97 Å². The van der Waals surface area contributed by atoms with Crippen LogP contribution in [0.1, 0.15) is 28.9 Å². The fraction of sp³-hybridized carbons (Fsp3) is 0.368. The van der Waals surface area contributed by atoms with Gasteiger partial charge in [-0.2, -0.15) is 0 Å². The number of ether oxygens (including phenoxy) is 2. The smallest absolute Gasteiger partial charge is 0.281 e. The molecule has 0 atom stereocenters. The van der Waals surface area contributed by atoms with Crippen molar-refractivity contribution in [3.05, 3.63) is 47.7 Å². The number of aromatic nitrogens is 2. The Balaban J connectivity index is 1.82. The molecule has 1 heterocycles. The van der Waals surface area contributed by atoms with Gasteiger partial charge in [-0.25, -0.2) is 32.5 Å². The molecule has 0 saturated heterocycles. The molecule has 0 aliphatic heterocycles. The summed E-state index contributed by atoms with van der Waals surface area (Å²) in [5.74, 6) is -4.50. The van der Waals surface area contributed by atoms with E-state index in [0.29, 0.717) is 0 Å². The summed E-state index contributed by atoms with van der Waals surface area (Å²) in [7, 11) is 1.37. The van der Waals surface area contributed by atoms with Gasteiger partial charge in [0.2, 0.25) is 18.7 Å². The number of rotatable bonds is 7. The second kappa shape index (κ2) is 8.74. The monoisotopic (exact) mass is 441 g/mol. The van der Waals surface area contributed by atoms with Gasteiger partial charge in [0.05, 0.1) is 12.4 Å². The number of alkyl halides is 3. The molecule has 1 aliphatic carbocycles. The Hall–Kier alpha value is -3.44. The van der Waals surface area contributed by atoms with E-state index in [1.165, 1.54) is 19.2 Å². The lowest BCUT2D eigenvalue weighted by Gasteiger charge is -2.47. The Bertz CT molecular complexity index is 977. The molecule has 0 bridgehead atoms. The first kappa shape index (κ1) is 22.2. The standard InChI is InChI=1S/C19H19F4N5O3/c1-25-17(24)30-9-18(7-19(22,23)8-18)12-4-11(2-3-13(12)21)28-16(29)14-5-27-15(6-26-14)31-10-20/h2-6H,7-10H2,1H3,(H2,24,25)(H,28,29). The summed E-state index contributed by atoms with van der Waals surface area (Å²) in [5, 5.41) is 2.49. The number of nitrogens with one attached hydrogen (secondary N) is 1. The molecule has 1 amide bonds. The van der Waals surface area contributed by atoms with Crippen molar-refractivity contribution in [3.8, 4) is 5.88 Å². The van der Waals surface area contributed by atoms with Crippen molar-refractivity contribution in [2.45, 2.75) is 24.2 Å². The summed E-state index contributed by atoms with van der Waals surface area (Å²) in [6, 6.07) is 3.39. The van der Waals surface area contributed by atoms with Crippen LogP contribution >= 0.6 is 0 Å². The van der Waals surface area contributed by atoms with E-state index in [-0.39, 0.29) is 35.5 Å². The van der Waals surface area contributed by atoms with E-state index in [9.17, 15) is 22.4 Å². The maximum atomic E-state index is 14.6. The Labute approximate surface area is 174 Å². The predicted molar refractivity (Wildman–Crippen MR) is 102 cm³/mol. The number of hydrogen-bond acceptors (Lipinski definition) is 6. The summed E-state index contributed by atoms with van der Waals surface area (Å²) in [6.07, 6.45) is 0.839. The molecule has 1 aromatic heterocycles. The van der Waals surface area contributed by atoms with Crippen LogP contribution in [-0.4, -0.2) is 48.3 Å². The van der Waals surface area contributed by atoms with Crippen LogP contribution in [0.15, 0.2) is 35.6 Å². The van der Waals surface area contributed by atoms with Crippen LogP contribution in [-0.2, 0) is 10.2 Å². The third-order valence-corrected chi connectivity index (χ3v) is 4.77. The largest absolute Gasteiger partial charge is 0.465 e. The maximum absolute atomic E-state index is 14.6. The lowest BCUT2D eigenvalue weighted by Crippen LogP contribution is -2.53. The van der Waals surface area contributed by atoms with Crippen molar-refractivity contribution in [3.63, 3.8) is 0 Å². The molecule has 31 heavy (non-hydrogen) atoms. The molecule has 2 aromatic rings. The minimum atomic E-state index is -2.98. The molecule has 3 rings (SSSR count). The van der Waals surface area contributed by atoms with E-state index in [4.69, 9.17) is 10.5 Å². The van der Waals surface area contributed by atoms with Gasteiger partial charge in [0.25, 0.3) is 11.9 Å². The molecule has 0 unspecified atom stereocenters. The molecule has 0 spiro atoms. The van der Waals surface area contributed by atoms with E-state index in [0.717, 1.165) is 18.5 Å². The summed E-state index contributed by atoms with van der Waals surface area (Å²) in [4.78, 5) is 23.5. The molecule has 0 radical (unpaired) electrons. The van der Waals surface area contributed by atoms with E-state index >= 15 is 0 Å². The number of nitrogens with two attached hydrogens (primary N) is 1. The summed E-state index contributed by atoms with van der Waals surface area (Å²) in [6.45, 7) is -1.40. The van der Waals surface area contributed by atoms with Gasteiger partial charge in [-0.05, 0) is 23.8 Å². The zero-order chi connectivity index (χ0) is 22.6. The molecule has 1 aromatic carbocycles. The average Bonchev–Trinajstić information content (AvgIpc) is 2.72. The molecule has 1 saturated carbocycles. The first-order valence-corrected chi connectivity index (χ1v) is 9.03. The number of amides is 1. The Morgan fingerprint density at radius 1 is 1.29 bits per heavy atom. The molecule has 8 nitrogen and oxygen atoms in total. The number of benzene rings is 1. The zero-order valence-electron chi connectivity index (χ0n) is 16.4. The van der Waals surface area contributed by atoms with Crippen LogP contribution in [0.2, 0.25) is 0 Å². The quantitative estimate of drug-likeness (QED) is 0.388. The summed E-state index contributed by atoms with van der Waals surface area (Å²) >= 11 is 0. The minimum Gasteiger partial charge on any atom is -0.465 e. The van der Waals surface area contributed by atoms with Gasteiger partial charge in [0.15, 0.2) is 0 Å². The first-order valence-electron chi connectivity index (χ1n) is 9.03. The highest BCUT2D eigenvalue weighted by Gasteiger charge is 2.59. The summed E-state index contributed by atoms with van der Waals surface area (Å²) < 4.78 is 63.9. The van der Waals surface area contributed by atoms with Crippen molar-refractivity contribution >= 4 is 17.6 Å². The normalized spacial score (nSPS) is 16.9. The van der Waals surface area contributed by atoms with Crippen LogP contribution in [0.25, 0.3) is 0 Å².